The average Bonchev–Trinajstić information content (AvgIpc) is 3.09. The first-order valence-electron chi connectivity index (χ1n) is 9.97. The van der Waals surface area contributed by atoms with Gasteiger partial charge in [-0.15, -0.1) is 0 Å². The Morgan fingerprint density at radius 2 is 1.65 bits per heavy atom. The molecule has 4 nitrogen and oxygen atoms in total. The van der Waals surface area contributed by atoms with E-state index in [-0.39, 0.29) is 0 Å². The summed E-state index contributed by atoms with van der Waals surface area (Å²) in [6.45, 7) is 3.04. The van der Waals surface area contributed by atoms with Gasteiger partial charge in [-0.05, 0) is 43.4 Å². The Kier molecular flexibility index (Phi) is 4.13. The van der Waals surface area contributed by atoms with Crippen molar-refractivity contribution in [1.82, 2.24) is 9.55 Å². The van der Waals surface area contributed by atoms with Crippen molar-refractivity contribution in [3.63, 3.8) is 0 Å². The molecule has 2 heterocycles. The van der Waals surface area contributed by atoms with Crippen molar-refractivity contribution < 1.29 is 4.90 Å². The smallest absolute Gasteiger partial charge is 0.215 e. The lowest BCUT2D eigenvalue weighted by atomic mass is 9.94. The van der Waals surface area contributed by atoms with E-state index in [1.54, 1.807) is 4.90 Å². The van der Waals surface area contributed by atoms with Gasteiger partial charge in [0, 0.05) is 0 Å². The van der Waals surface area contributed by atoms with Crippen LogP contribution < -0.4 is 9.80 Å². The van der Waals surface area contributed by atoms with Crippen molar-refractivity contribution in [1.29, 1.82) is 0 Å². The van der Waals surface area contributed by atoms with Crippen molar-refractivity contribution in [2.75, 3.05) is 11.6 Å². The van der Waals surface area contributed by atoms with Crippen molar-refractivity contribution in [2.45, 2.75) is 51.4 Å². The lowest BCUT2D eigenvalue weighted by Gasteiger charge is -2.39. The second kappa shape index (κ2) is 6.76. The first kappa shape index (κ1) is 15.9. The number of para-hydroxylation sites is 2. The van der Waals surface area contributed by atoms with E-state index >= 15 is 0 Å². The highest BCUT2D eigenvalue weighted by atomic mass is 15.5. The summed E-state index contributed by atoms with van der Waals surface area (Å²) in [6.07, 6.45) is 6.94. The molecule has 3 aromatic rings. The van der Waals surface area contributed by atoms with Crippen LogP contribution in [0.4, 0.5) is 5.95 Å². The number of aromatic nitrogens is 2. The number of fused-ring (bicyclic) bond motifs is 3. The normalized spacial score (nSPS) is 21.1. The van der Waals surface area contributed by atoms with Gasteiger partial charge in [0.05, 0.1) is 23.6 Å². The molecule has 0 spiro atoms. The van der Waals surface area contributed by atoms with Gasteiger partial charge in [0.25, 0.3) is 0 Å². The van der Waals surface area contributed by atoms with Crippen molar-refractivity contribution in [3.8, 4) is 0 Å². The molecule has 1 fully saturated rings. The Hall–Kier alpha value is -2.33. The molecule has 0 bridgehead atoms. The summed E-state index contributed by atoms with van der Waals surface area (Å²) in [5.74, 6) is 1.13. The number of imidazole rings is 1. The van der Waals surface area contributed by atoms with Crippen molar-refractivity contribution in [2.24, 2.45) is 0 Å². The summed E-state index contributed by atoms with van der Waals surface area (Å²) in [7, 11) is 0. The molecule has 26 heavy (non-hydrogen) atoms. The number of nitrogens with one attached hydrogen (secondary N) is 1. The van der Waals surface area contributed by atoms with E-state index in [4.69, 9.17) is 4.98 Å². The molecule has 0 radical (unpaired) electrons. The number of rotatable bonds is 3. The molecule has 134 valence electrons. The summed E-state index contributed by atoms with van der Waals surface area (Å²) >= 11 is 0. The summed E-state index contributed by atoms with van der Waals surface area (Å²) in [4.78, 5) is 9.18. The Balaban J connectivity index is 1.52. The fourth-order valence-electron chi connectivity index (χ4n) is 4.73. The van der Waals surface area contributed by atoms with Crippen LogP contribution in [0.1, 0.15) is 37.7 Å². The molecule has 4 heteroatoms. The standard InChI is InChI=1S/C22H26N4/c1-3-9-18(10-4-1)15-24-16-25(19-11-5-2-6-12-19)17-26-21-14-8-7-13-20(21)23-22(24)26/h1,3-4,7-10,13-14,19H,2,5-6,11-12,15-17H2/p+1. The van der Waals surface area contributed by atoms with Crippen LogP contribution in [-0.2, 0) is 13.2 Å². The summed E-state index contributed by atoms with van der Waals surface area (Å²) < 4.78 is 2.45. The maximum atomic E-state index is 4.99. The number of quaternary nitrogens is 1. The quantitative estimate of drug-likeness (QED) is 0.787. The van der Waals surface area contributed by atoms with Crippen LogP contribution in [0.25, 0.3) is 11.0 Å². The zero-order valence-corrected chi connectivity index (χ0v) is 15.3. The monoisotopic (exact) mass is 347 g/mol. The van der Waals surface area contributed by atoms with Crippen LogP contribution in [0.15, 0.2) is 54.6 Å². The number of anilines is 1. The molecule has 1 aliphatic carbocycles. The molecule has 1 aliphatic heterocycles. The maximum Gasteiger partial charge on any atom is 0.215 e. The minimum absolute atomic E-state index is 0.788. The lowest BCUT2D eigenvalue weighted by Crippen LogP contribution is -3.17. The highest BCUT2D eigenvalue weighted by Crippen LogP contribution is 2.25. The molecule has 2 aromatic carbocycles. The second-order valence-electron chi connectivity index (χ2n) is 7.82. The minimum Gasteiger partial charge on any atom is -0.298 e. The fraction of sp³-hybridized carbons (Fsp3) is 0.409. The Bertz CT molecular complexity index is 880. The summed E-state index contributed by atoms with van der Waals surface area (Å²) in [6, 6.07) is 20.2. The van der Waals surface area contributed by atoms with Gasteiger partial charge >= 0.3 is 0 Å². The predicted molar refractivity (Wildman–Crippen MR) is 105 cm³/mol. The Morgan fingerprint density at radius 3 is 2.50 bits per heavy atom. The topological polar surface area (TPSA) is 25.5 Å². The van der Waals surface area contributed by atoms with E-state index in [0.29, 0.717) is 0 Å². The van der Waals surface area contributed by atoms with Gasteiger partial charge in [-0.25, -0.2) is 4.98 Å². The van der Waals surface area contributed by atoms with Crippen LogP contribution in [0.2, 0.25) is 0 Å². The Labute approximate surface area is 155 Å². The minimum atomic E-state index is 0.788. The molecular weight excluding hydrogens is 320 g/mol. The largest absolute Gasteiger partial charge is 0.298 e. The van der Waals surface area contributed by atoms with Crippen LogP contribution in [0.5, 0.6) is 0 Å². The van der Waals surface area contributed by atoms with Crippen molar-refractivity contribution >= 4 is 17.0 Å². The van der Waals surface area contributed by atoms with Gasteiger partial charge in [0.15, 0.2) is 13.3 Å². The van der Waals surface area contributed by atoms with Gasteiger partial charge in [-0.1, -0.05) is 48.9 Å². The highest BCUT2D eigenvalue weighted by Gasteiger charge is 2.33. The average molecular weight is 347 g/mol. The van der Waals surface area contributed by atoms with Crippen molar-refractivity contribution in [3.05, 3.63) is 60.2 Å². The first-order chi connectivity index (χ1) is 12.9. The molecule has 5 rings (SSSR count). The zero-order chi connectivity index (χ0) is 17.3. The van der Waals surface area contributed by atoms with E-state index in [0.717, 1.165) is 37.4 Å². The molecule has 1 aromatic heterocycles. The number of benzene rings is 2. The molecule has 0 amide bonds. The molecule has 1 saturated carbocycles. The van der Waals surface area contributed by atoms with Gasteiger partial charge in [-0.2, -0.15) is 0 Å². The number of hydrogen-bond donors (Lipinski definition) is 1. The predicted octanol–water partition coefficient (Wildman–Crippen LogP) is 3.19. The number of nitrogens with zero attached hydrogens (tertiary/aromatic N) is 3. The van der Waals surface area contributed by atoms with Gasteiger partial charge in [-0.3, -0.25) is 14.4 Å². The third kappa shape index (κ3) is 2.88. The molecule has 1 atom stereocenters. The zero-order valence-electron chi connectivity index (χ0n) is 15.3. The van der Waals surface area contributed by atoms with E-state index in [2.05, 4.69) is 64.1 Å². The van der Waals surface area contributed by atoms with E-state index in [1.807, 2.05) is 0 Å². The van der Waals surface area contributed by atoms with Crippen LogP contribution in [-0.4, -0.2) is 22.3 Å². The molecule has 1 unspecified atom stereocenters. The van der Waals surface area contributed by atoms with E-state index < -0.39 is 0 Å². The van der Waals surface area contributed by atoms with Gasteiger partial charge < -0.3 is 0 Å². The Morgan fingerprint density at radius 1 is 0.885 bits per heavy atom. The van der Waals surface area contributed by atoms with Gasteiger partial charge in [0.1, 0.15) is 0 Å². The van der Waals surface area contributed by atoms with Crippen LogP contribution in [0.3, 0.4) is 0 Å². The summed E-state index contributed by atoms with van der Waals surface area (Å²) in [5.41, 5.74) is 3.75. The second-order valence-corrected chi connectivity index (χ2v) is 7.82. The third-order valence-corrected chi connectivity index (χ3v) is 6.07. The van der Waals surface area contributed by atoms with Crippen LogP contribution in [0, 0.1) is 0 Å². The lowest BCUT2D eigenvalue weighted by molar-refractivity contribution is -0.950. The van der Waals surface area contributed by atoms with Crippen LogP contribution >= 0.6 is 0 Å². The molecular formula is C22H27N4+. The van der Waals surface area contributed by atoms with E-state index in [1.165, 1.54) is 43.2 Å². The summed E-state index contributed by atoms with van der Waals surface area (Å²) in [5, 5.41) is 0. The molecule has 0 saturated heterocycles. The number of hydrogen-bond acceptors (Lipinski definition) is 2. The highest BCUT2D eigenvalue weighted by molar-refractivity contribution is 5.78. The molecule has 2 aliphatic rings. The SMILES string of the molecule is c1ccc(CN2C[NH+](C3CCCCC3)Cn3c2nc2ccccc23)cc1. The maximum absolute atomic E-state index is 4.99. The third-order valence-electron chi connectivity index (χ3n) is 6.07. The van der Waals surface area contributed by atoms with E-state index in [9.17, 15) is 0 Å². The first-order valence-corrected chi connectivity index (χ1v) is 9.97. The molecule has 1 N–H and O–H groups in total. The van der Waals surface area contributed by atoms with Gasteiger partial charge in [0.2, 0.25) is 5.95 Å². The fourth-order valence-corrected chi connectivity index (χ4v) is 4.73.